The molecule has 1 unspecified atom stereocenters. The van der Waals surface area contributed by atoms with E-state index >= 15 is 0 Å². The number of likely N-dealkylation sites (N-methyl/N-ethyl adjacent to an activating group) is 2. The van der Waals surface area contributed by atoms with Gasteiger partial charge in [-0.3, -0.25) is 4.90 Å². The van der Waals surface area contributed by atoms with Gasteiger partial charge in [-0.2, -0.15) is 5.10 Å². The third kappa shape index (κ3) is 7.14. The largest absolute Gasteiger partial charge is 0.373 e. The third-order valence-electron chi connectivity index (χ3n) is 5.34. The molecule has 0 N–H and O–H groups in total. The standard InChI is InChI=1S/C25H39N5/c1-11-20(3)13-14-22(5)27(9)17-18-28(10)23(6)15-16-24(7)29-19-26-30(25(29)8)21(4)12-2/h13-16,19,21H,3,5-8,11-12,17-18H2,1-2,4,9-10H3/b14-13-,16-15-. The summed E-state index contributed by atoms with van der Waals surface area (Å²) in [4.78, 5) is 6.13. The lowest BCUT2D eigenvalue weighted by Gasteiger charge is -2.26. The quantitative estimate of drug-likeness (QED) is 0.385. The smallest absolute Gasteiger partial charge is 0.128 e. The average molecular weight is 410 g/mol. The molecule has 164 valence electrons. The molecule has 0 saturated carbocycles. The van der Waals surface area contributed by atoms with Gasteiger partial charge in [-0.15, -0.1) is 0 Å². The lowest BCUT2D eigenvalue weighted by atomic mass is 10.2. The van der Waals surface area contributed by atoms with Crippen molar-refractivity contribution >= 4 is 6.34 Å². The fourth-order valence-corrected chi connectivity index (χ4v) is 2.58. The van der Waals surface area contributed by atoms with Gasteiger partial charge in [0.2, 0.25) is 0 Å². The highest BCUT2D eigenvalue weighted by molar-refractivity contribution is 5.64. The minimum atomic E-state index is 0.304. The monoisotopic (exact) mass is 409 g/mol. The molecule has 0 fully saturated rings. The van der Waals surface area contributed by atoms with Crippen LogP contribution in [0.4, 0.5) is 0 Å². The van der Waals surface area contributed by atoms with Gasteiger partial charge >= 0.3 is 0 Å². The van der Waals surface area contributed by atoms with E-state index in [1.165, 1.54) is 0 Å². The number of rotatable bonds is 13. The van der Waals surface area contributed by atoms with Crippen molar-refractivity contribution in [2.24, 2.45) is 5.10 Å². The highest BCUT2D eigenvalue weighted by atomic mass is 15.6. The molecular formula is C25H39N5. The van der Waals surface area contributed by atoms with E-state index in [4.69, 9.17) is 0 Å². The van der Waals surface area contributed by atoms with Crippen molar-refractivity contribution in [3.63, 3.8) is 0 Å². The summed E-state index contributed by atoms with van der Waals surface area (Å²) in [5.74, 6) is 0.817. The zero-order chi connectivity index (χ0) is 22.8. The van der Waals surface area contributed by atoms with E-state index in [9.17, 15) is 0 Å². The lowest BCUT2D eigenvalue weighted by molar-refractivity contribution is 0.260. The Kier molecular flexibility index (Phi) is 9.96. The molecule has 5 heteroatoms. The molecule has 0 saturated heterocycles. The van der Waals surface area contributed by atoms with Crippen LogP contribution in [0.25, 0.3) is 0 Å². The van der Waals surface area contributed by atoms with E-state index in [2.05, 4.69) is 68.6 Å². The molecule has 0 amide bonds. The molecule has 30 heavy (non-hydrogen) atoms. The van der Waals surface area contributed by atoms with Crippen molar-refractivity contribution < 1.29 is 0 Å². The summed E-state index contributed by atoms with van der Waals surface area (Å²) in [6.45, 7) is 28.6. The second-order valence-electron chi connectivity index (χ2n) is 7.61. The van der Waals surface area contributed by atoms with Crippen LogP contribution in [0.5, 0.6) is 0 Å². The Bertz CT molecular complexity index is 756. The Morgan fingerprint density at radius 1 is 1.00 bits per heavy atom. The van der Waals surface area contributed by atoms with Gasteiger partial charge < -0.3 is 9.80 Å². The first kappa shape index (κ1) is 25.1. The zero-order valence-electron chi connectivity index (χ0n) is 19.6. The van der Waals surface area contributed by atoms with Crippen LogP contribution in [-0.4, -0.2) is 59.3 Å². The Hall–Kier alpha value is -2.95. The van der Waals surface area contributed by atoms with Crippen molar-refractivity contribution in [1.29, 1.82) is 0 Å². The molecule has 0 radical (unpaired) electrons. The molecule has 1 atom stereocenters. The molecule has 0 aromatic heterocycles. The van der Waals surface area contributed by atoms with Crippen LogP contribution in [0.3, 0.4) is 0 Å². The number of nitrogens with zero attached hydrogens (tertiary/aromatic N) is 5. The first-order valence-electron chi connectivity index (χ1n) is 10.5. The van der Waals surface area contributed by atoms with Crippen molar-refractivity contribution in [1.82, 2.24) is 19.7 Å². The maximum Gasteiger partial charge on any atom is 0.128 e. The molecule has 1 aliphatic heterocycles. The van der Waals surface area contributed by atoms with Crippen LogP contribution in [0.15, 0.2) is 90.8 Å². The van der Waals surface area contributed by atoms with Gasteiger partial charge in [-0.05, 0) is 38.0 Å². The van der Waals surface area contributed by atoms with E-state index in [1.54, 1.807) is 6.34 Å². The van der Waals surface area contributed by atoms with E-state index in [0.29, 0.717) is 6.04 Å². The average Bonchev–Trinajstić information content (AvgIpc) is 3.13. The SMILES string of the molecule is C=C(/C=C\C(=C)N(C)CCN(C)C(=C)/C=C\C(=C)N1C=NN(C(C)CC)C1=C)CC. The normalized spacial score (nSPS) is 14.6. The first-order valence-corrected chi connectivity index (χ1v) is 10.5. The number of allylic oxidation sites excluding steroid dienone is 5. The van der Waals surface area contributed by atoms with Crippen LogP contribution in [0, 0.1) is 0 Å². The van der Waals surface area contributed by atoms with Crippen LogP contribution < -0.4 is 0 Å². The molecule has 1 heterocycles. The summed E-state index contributed by atoms with van der Waals surface area (Å²) in [5, 5.41) is 6.35. The minimum Gasteiger partial charge on any atom is -0.373 e. The molecule has 0 bridgehead atoms. The van der Waals surface area contributed by atoms with Gasteiger partial charge in [0, 0.05) is 44.3 Å². The minimum absolute atomic E-state index is 0.304. The van der Waals surface area contributed by atoms with E-state index in [0.717, 1.165) is 54.4 Å². The zero-order valence-corrected chi connectivity index (χ0v) is 19.6. The number of hydrogen-bond donors (Lipinski definition) is 0. The predicted molar refractivity (Wildman–Crippen MR) is 131 cm³/mol. The molecule has 0 aromatic rings. The summed E-state index contributed by atoms with van der Waals surface area (Å²) in [5.41, 5.74) is 3.77. The third-order valence-corrected chi connectivity index (χ3v) is 5.34. The Balaban J connectivity index is 2.53. The molecule has 5 nitrogen and oxygen atoms in total. The predicted octanol–water partition coefficient (Wildman–Crippen LogP) is 5.30. The van der Waals surface area contributed by atoms with Gasteiger partial charge in [0.25, 0.3) is 0 Å². The Morgan fingerprint density at radius 3 is 2.03 bits per heavy atom. The summed E-state index contributed by atoms with van der Waals surface area (Å²) < 4.78 is 0. The topological polar surface area (TPSA) is 25.3 Å². The maximum atomic E-state index is 4.43. The van der Waals surface area contributed by atoms with Gasteiger partial charge in [-0.25, -0.2) is 5.01 Å². The highest BCUT2D eigenvalue weighted by Crippen LogP contribution is 2.23. The number of hydrazone groups is 1. The second kappa shape index (κ2) is 11.9. The summed E-state index contributed by atoms with van der Waals surface area (Å²) in [6, 6.07) is 0.304. The highest BCUT2D eigenvalue weighted by Gasteiger charge is 2.23. The Labute approximate surface area is 184 Å². The van der Waals surface area contributed by atoms with Crippen molar-refractivity contribution in [3.8, 4) is 0 Å². The summed E-state index contributed by atoms with van der Waals surface area (Å²) >= 11 is 0. The Morgan fingerprint density at radius 2 is 1.53 bits per heavy atom. The molecule has 1 aliphatic rings. The molecule has 0 spiro atoms. The maximum absolute atomic E-state index is 4.43. The van der Waals surface area contributed by atoms with Gasteiger partial charge in [0.05, 0.1) is 6.04 Å². The molecule has 1 rings (SSSR count). The van der Waals surface area contributed by atoms with Gasteiger partial charge in [0.15, 0.2) is 0 Å². The van der Waals surface area contributed by atoms with Crippen molar-refractivity contribution in [2.45, 2.75) is 39.7 Å². The van der Waals surface area contributed by atoms with E-state index in [-0.39, 0.29) is 0 Å². The molecule has 0 aliphatic carbocycles. The van der Waals surface area contributed by atoms with Crippen LogP contribution in [0.1, 0.15) is 33.6 Å². The second-order valence-corrected chi connectivity index (χ2v) is 7.61. The fourth-order valence-electron chi connectivity index (χ4n) is 2.58. The van der Waals surface area contributed by atoms with Crippen molar-refractivity contribution in [3.05, 3.63) is 85.7 Å². The van der Waals surface area contributed by atoms with Gasteiger partial charge in [0.1, 0.15) is 12.2 Å². The van der Waals surface area contributed by atoms with Gasteiger partial charge in [-0.1, -0.05) is 58.4 Å². The van der Waals surface area contributed by atoms with Crippen molar-refractivity contribution in [2.75, 3.05) is 27.2 Å². The fraction of sp³-hybridized carbons (Fsp3) is 0.400. The van der Waals surface area contributed by atoms with Crippen LogP contribution in [0.2, 0.25) is 0 Å². The lowest BCUT2D eigenvalue weighted by Crippen LogP contribution is -2.29. The first-order chi connectivity index (χ1) is 14.1. The summed E-state index contributed by atoms with van der Waals surface area (Å²) in [7, 11) is 4.07. The van der Waals surface area contributed by atoms with E-state index < -0.39 is 0 Å². The van der Waals surface area contributed by atoms with E-state index in [1.807, 2.05) is 48.3 Å². The molecular weight excluding hydrogens is 370 g/mol. The number of hydrogen-bond acceptors (Lipinski definition) is 5. The van der Waals surface area contributed by atoms with Crippen LogP contribution in [-0.2, 0) is 0 Å². The summed E-state index contributed by atoms with van der Waals surface area (Å²) in [6.07, 6.45) is 11.6. The molecule has 0 aromatic carbocycles. The van der Waals surface area contributed by atoms with Crippen LogP contribution >= 0.6 is 0 Å².